The summed E-state index contributed by atoms with van der Waals surface area (Å²) >= 11 is 0. The van der Waals surface area contributed by atoms with E-state index in [2.05, 4.69) is 10.6 Å². The summed E-state index contributed by atoms with van der Waals surface area (Å²) in [6.45, 7) is 5.00. The highest BCUT2D eigenvalue weighted by Gasteiger charge is 2.21. The van der Waals surface area contributed by atoms with Crippen LogP contribution in [-0.2, 0) is 4.79 Å². The Morgan fingerprint density at radius 1 is 1.22 bits per heavy atom. The molecule has 0 bridgehead atoms. The van der Waals surface area contributed by atoms with Crippen molar-refractivity contribution < 1.29 is 14.3 Å². The number of ether oxygens (including phenoxy) is 1. The summed E-state index contributed by atoms with van der Waals surface area (Å²) in [6.07, 6.45) is 5.88. The number of piperidine rings is 1. The third-order valence-corrected chi connectivity index (χ3v) is 5.04. The number of hydrogen-bond acceptors (Lipinski definition) is 4. The maximum Gasteiger partial charge on any atom is 0.253 e. The Balaban J connectivity index is 0.00000261. The highest BCUT2D eigenvalue weighted by Crippen LogP contribution is 2.27. The number of halogens is 1. The van der Waals surface area contributed by atoms with Gasteiger partial charge in [-0.1, -0.05) is 0 Å². The van der Waals surface area contributed by atoms with Crippen LogP contribution in [0, 0.1) is 0 Å². The number of hydrogen-bond donors (Lipinski definition) is 2. The summed E-state index contributed by atoms with van der Waals surface area (Å²) in [4.78, 5) is 27.0. The van der Waals surface area contributed by atoms with Crippen molar-refractivity contribution in [3.05, 3.63) is 23.8 Å². The van der Waals surface area contributed by atoms with Crippen molar-refractivity contribution in [3.8, 4) is 5.75 Å². The van der Waals surface area contributed by atoms with Gasteiger partial charge in [-0.3, -0.25) is 9.59 Å². The van der Waals surface area contributed by atoms with Crippen LogP contribution in [0.1, 0.15) is 55.8 Å². The molecule has 150 valence electrons. The van der Waals surface area contributed by atoms with Crippen LogP contribution in [0.15, 0.2) is 18.2 Å². The van der Waals surface area contributed by atoms with E-state index in [9.17, 15) is 9.59 Å². The summed E-state index contributed by atoms with van der Waals surface area (Å²) in [5.41, 5.74) is 1.18. The first kappa shape index (κ1) is 21.5. The summed E-state index contributed by atoms with van der Waals surface area (Å²) in [5.74, 6) is 0.587. The zero-order valence-electron chi connectivity index (χ0n) is 16.0. The largest absolute Gasteiger partial charge is 0.492 e. The van der Waals surface area contributed by atoms with E-state index in [-0.39, 0.29) is 30.3 Å². The fraction of sp³-hybridized carbons (Fsp3) is 0.600. The fourth-order valence-corrected chi connectivity index (χ4v) is 3.68. The second-order valence-corrected chi connectivity index (χ2v) is 7.04. The molecule has 3 rings (SSSR count). The maximum atomic E-state index is 12.7. The molecule has 2 aliphatic heterocycles. The van der Waals surface area contributed by atoms with Crippen LogP contribution in [0.5, 0.6) is 5.75 Å². The number of carbonyl (C=O) groups excluding carboxylic acids is 2. The summed E-state index contributed by atoms with van der Waals surface area (Å²) < 4.78 is 5.63. The smallest absolute Gasteiger partial charge is 0.253 e. The number of nitrogens with one attached hydrogen (secondary N) is 2. The van der Waals surface area contributed by atoms with Crippen LogP contribution in [-0.4, -0.2) is 49.0 Å². The van der Waals surface area contributed by atoms with Crippen LogP contribution in [0.2, 0.25) is 0 Å². The average Bonchev–Trinajstić information content (AvgIpc) is 3.16. The van der Waals surface area contributed by atoms with Crippen molar-refractivity contribution in [2.75, 3.05) is 31.6 Å². The first-order valence-electron chi connectivity index (χ1n) is 9.76. The number of carbonyl (C=O) groups is 2. The van der Waals surface area contributed by atoms with Gasteiger partial charge in [0.25, 0.3) is 5.91 Å². The summed E-state index contributed by atoms with van der Waals surface area (Å²) in [6, 6.07) is 5.56. The van der Waals surface area contributed by atoms with Crippen LogP contribution in [0.4, 0.5) is 5.69 Å². The molecule has 1 aromatic carbocycles. The number of nitrogens with zero attached hydrogens (tertiary/aromatic N) is 1. The Labute approximate surface area is 167 Å². The van der Waals surface area contributed by atoms with Crippen molar-refractivity contribution in [1.82, 2.24) is 10.2 Å². The molecule has 0 aromatic heterocycles. The lowest BCUT2D eigenvalue weighted by Crippen LogP contribution is -2.35. The van der Waals surface area contributed by atoms with Crippen molar-refractivity contribution in [2.45, 2.75) is 51.5 Å². The molecule has 2 saturated heterocycles. The zero-order valence-corrected chi connectivity index (χ0v) is 16.8. The minimum atomic E-state index is -0.0482. The molecule has 2 aliphatic rings. The second kappa shape index (κ2) is 10.5. The van der Waals surface area contributed by atoms with Crippen LogP contribution in [0.25, 0.3) is 0 Å². The topological polar surface area (TPSA) is 70.7 Å². The highest BCUT2D eigenvalue weighted by atomic mass is 35.5. The van der Waals surface area contributed by atoms with Gasteiger partial charge in [-0.25, -0.2) is 0 Å². The van der Waals surface area contributed by atoms with E-state index in [1.165, 1.54) is 6.42 Å². The molecule has 1 aromatic rings. The van der Waals surface area contributed by atoms with E-state index in [1.807, 2.05) is 11.8 Å². The van der Waals surface area contributed by atoms with E-state index in [4.69, 9.17) is 4.74 Å². The molecule has 2 amide bonds. The Bertz CT molecular complexity index is 641. The van der Waals surface area contributed by atoms with E-state index in [1.54, 1.807) is 18.2 Å². The van der Waals surface area contributed by atoms with E-state index in [0.717, 1.165) is 45.3 Å². The molecule has 2 N–H and O–H groups in total. The first-order chi connectivity index (χ1) is 12.7. The van der Waals surface area contributed by atoms with Gasteiger partial charge in [-0.2, -0.15) is 0 Å². The molecule has 0 saturated carbocycles. The van der Waals surface area contributed by atoms with Crippen molar-refractivity contribution in [3.63, 3.8) is 0 Å². The SMILES string of the molecule is CCOc1ccc(C(=O)N2CCCCC2)cc1NC(=O)CC1CCCN1.Cl. The molecule has 0 radical (unpaired) electrons. The lowest BCUT2D eigenvalue weighted by Gasteiger charge is -2.27. The standard InChI is InChI=1S/C20H29N3O3.ClH/c1-2-26-18-9-8-15(20(25)23-11-4-3-5-12-23)13-17(18)22-19(24)14-16-7-6-10-21-16;/h8-9,13,16,21H,2-7,10-12,14H2,1H3,(H,22,24);1H. The number of benzene rings is 1. The normalized spacial score (nSPS) is 19.3. The fourth-order valence-electron chi connectivity index (χ4n) is 3.68. The van der Waals surface area contributed by atoms with Crippen LogP contribution in [0.3, 0.4) is 0 Å². The van der Waals surface area contributed by atoms with Gasteiger partial charge in [0.1, 0.15) is 5.75 Å². The Hall–Kier alpha value is -1.79. The molecular weight excluding hydrogens is 366 g/mol. The van der Waals surface area contributed by atoms with Crippen molar-refractivity contribution >= 4 is 29.9 Å². The molecule has 6 nitrogen and oxygen atoms in total. The molecule has 7 heteroatoms. The molecule has 1 atom stereocenters. The van der Waals surface area contributed by atoms with Gasteiger partial charge in [-0.15, -0.1) is 12.4 Å². The van der Waals surface area contributed by atoms with Crippen molar-refractivity contribution in [2.24, 2.45) is 0 Å². The van der Waals surface area contributed by atoms with E-state index in [0.29, 0.717) is 30.0 Å². The average molecular weight is 396 g/mol. The summed E-state index contributed by atoms with van der Waals surface area (Å²) in [5, 5.41) is 6.28. The van der Waals surface area contributed by atoms with Gasteiger partial charge in [0.2, 0.25) is 5.91 Å². The lowest BCUT2D eigenvalue weighted by atomic mass is 10.1. The van der Waals surface area contributed by atoms with Gasteiger partial charge >= 0.3 is 0 Å². The predicted octanol–water partition coefficient (Wildman–Crippen LogP) is 3.21. The first-order valence-corrected chi connectivity index (χ1v) is 9.76. The summed E-state index contributed by atoms with van der Waals surface area (Å²) in [7, 11) is 0. The van der Waals surface area contributed by atoms with Gasteiger partial charge in [0, 0.05) is 31.1 Å². The monoisotopic (exact) mass is 395 g/mol. The number of likely N-dealkylation sites (tertiary alicyclic amines) is 1. The van der Waals surface area contributed by atoms with E-state index < -0.39 is 0 Å². The second-order valence-electron chi connectivity index (χ2n) is 7.04. The molecule has 2 fully saturated rings. The van der Waals surface area contributed by atoms with Gasteiger partial charge < -0.3 is 20.3 Å². The molecule has 27 heavy (non-hydrogen) atoms. The molecule has 2 heterocycles. The molecule has 1 unspecified atom stereocenters. The maximum absolute atomic E-state index is 12.7. The van der Waals surface area contributed by atoms with Crippen molar-refractivity contribution in [1.29, 1.82) is 0 Å². The predicted molar refractivity (Wildman–Crippen MR) is 109 cm³/mol. The minimum Gasteiger partial charge on any atom is -0.492 e. The quantitative estimate of drug-likeness (QED) is 0.775. The highest BCUT2D eigenvalue weighted by molar-refractivity contribution is 5.98. The lowest BCUT2D eigenvalue weighted by molar-refractivity contribution is -0.116. The number of anilines is 1. The van der Waals surface area contributed by atoms with Gasteiger partial charge in [0.15, 0.2) is 0 Å². The minimum absolute atomic E-state index is 0. The van der Waals surface area contributed by atoms with Crippen LogP contribution >= 0.6 is 12.4 Å². The third-order valence-electron chi connectivity index (χ3n) is 5.04. The van der Waals surface area contributed by atoms with Gasteiger partial charge in [0.05, 0.1) is 12.3 Å². The van der Waals surface area contributed by atoms with Crippen LogP contribution < -0.4 is 15.4 Å². The Kier molecular flexibility index (Phi) is 8.38. The zero-order chi connectivity index (χ0) is 18.4. The molecule has 0 spiro atoms. The number of rotatable bonds is 6. The third kappa shape index (κ3) is 5.84. The molecular formula is C20H30ClN3O3. The van der Waals surface area contributed by atoms with E-state index >= 15 is 0 Å². The Morgan fingerprint density at radius 3 is 2.67 bits per heavy atom. The number of amides is 2. The molecule has 0 aliphatic carbocycles. The Morgan fingerprint density at radius 2 is 2.00 bits per heavy atom. The van der Waals surface area contributed by atoms with Gasteiger partial charge in [-0.05, 0) is 63.8 Å².